The van der Waals surface area contributed by atoms with Crippen LogP contribution in [-0.2, 0) is 11.3 Å². The quantitative estimate of drug-likeness (QED) is 0.382. The Bertz CT molecular complexity index is 1350. The molecular formula is C28H31ClFN7O2. The zero-order valence-electron chi connectivity index (χ0n) is 21.8. The Balaban J connectivity index is 1.45. The number of hydrogen-bond donors (Lipinski definition) is 2. The predicted molar refractivity (Wildman–Crippen MR) is 145 cm³/mol. The zero-order valence-corrected chi connectivity index (χ0v) is 22.5. The first-order chi connectivity index (χ1) is 18.9. The smallest absolute Gasteiger partial charge is 0.275 e. The largest absolute Gasteiger partial charge is 0.345 e. The third-order valence-electron chi connectivity index (χ3n) is 7.53. The summed E-state index contributed by atoms with van der Waals surface area (Å²) in [4.78, 5) is 33.8. The van der Waals surface area contributed by atoms with Gasteiger partial charge in [0.2, 0.25) is 0 Å². The number of aromatic amines is 1. The van der Waals surface area contributed by atoms with Crippen LogP contribution in [0, 0.1) is 5.82 Å². The lowest BCUT2D eigenvalue weighted by molar-refractivity contribution is -0.132. The average Bonchev–Trinajstić information content (AvgIpc) is 3.57. The van der Waals surface area contributed by atoms with Gasteiger partial charge in [0.15, 0.2) is 5.82 Å². The van der Waals surface area contributed by atoms with Crippen molar-refractivity contribution >= 4 is 29.1 Å². The van der Waals surface area contributed by atoms with Crippen LogP contribution >= 0.6 is 11.6 Å². The Morgan fingerprint density at radius 1 is 1.18 bits per heavy atom. The fourth-order valence-electron chi connectivity index (χ4n) is 5.56. The number of carbonyl (C=O) groups is 2. The van der Waals surface area contributed by atoms with E-state index in [1.807, 2.05) is 17.0 Å². The summed E-state index contributed by atoms with van der Waals surface area (Å²) in [6.07, 6.45) is 7.27. The van der Waals surface area contributed by atoms with Crippen molar-refractivity contribution < 1.29 is 14.0 Å². The first-order valence-corrected chi connectivity index (χ1v) is 13.8. The summed E-state index contributed by atoms with van der Waals surface area (Å²) in [6, 6.07) is 11.5. The fourth-order valence-corrected chi connectivity index (χ4v) is 5.74. The Morgan fingerprint density at radius 2 is 1.95 bits per heavy atom. The van der Waals surface area contributed by atoms with E-state index >= 15 is 0 Å². The summed E-state index contributed by atoms with van der Waals surface area (Å²) in [5.41, 5.74) is 1.66. The van der Waals surface area contributed by atoms with Crippen molar-refractivity contribution in [2.24, 2.45) is 4.99 Å². The van der Waals surface area contributed by atoms with Crippen LogP contribution < -0.4 is 5.32 Å². The minimum atomic E-state index is -0.648. The molecule has 1 atom stereocenters. The SMILES string of the molecule is CCCC[C@H](c1ccc(C(=O)NCc2nn[nH]n2)cc1)N1C(=O)C(c2ccc(F)c(Cl)c2)=NC12CCCCC2. The summed E-state index contributed by atoms with van der Waals surface area (Å²) >= 11 is 6.07. The van der Waals surface area contributed by atoms with Crippen molar-refractivity contribution in [1.29, 1.82) is 0 Å². The Kier molecular flexibility index (Phi) is 8.02. The summed E-state index contributed by atoms with van der Waals surface area (Å²) in [5.74, 6) is -0.556. The van der Waals surface area contributed by atoms with E-state index in [9.17, 15) is 14.0 Å². The molecule has 5 rings (SSSR count). The molecule has 2 aromatic carbocycles. The van der Waals surface area contributed by atoms with Gasteiger partial charge in [0.1, 0.15) is 17.2 Å². The first-order valence-electron chi connectivity index (χ1n) is 13.4. The standard InChI is InChI=1S/C28H31ClFN7O2/c1-2-3-7-23(18-8-10-19(11-9-18)26(38)31-17-24-33-35-36-34-24)37-27(39)25(20-12-13-22(30)21(29)16-20)32-28(37)14-5-4-6-15-28/h8-13,16,23H,2-7,14-15,17H2,1H3,(H,31,38)(H,33,34,35,36)/t23-/m1/s1. The number of benzene rings is 2. The number of nitrogens with one attached hydrogen (secondary N) is 2. The number of hydrogen-bond acceptors (Lipinski definition) is 6. The van der Waals surface area contributed by atoms with Gasteiger partial charge < -0.3 is 10.2 Å². The van der Waals surface area contributed by atoms with Crippen LogP contribution in [0.3, 0.4) is 0 Å². The second-order valence-corrected chi connectivity index (χ2v) is 10.5. The van der Waals surface area contributed by atoms with E-state index < -0.39 is 11.5 Å². The summed E-state index contributed by atoms with van der Waals surface area (Å²) in [7, 11) is 0. The number of halogens is 2. The molecule has 39 heavy (non-hydrogen) atoms. The van der Waals surface area contributed by atoms with Crippen molar-refractivity contribution in [3.8, 4) is 0 Å². The van der Waals surface area contributed by atoms with Gasteiger partial charge in [-0.25, -0.2) is 4.39 Å². The van der Waals surface area contributed by atoms with Crippen LogP contribution in [-0.4, -0.2) is 48.7 Å². The van der Waals surface area contributed by atoms with Crippen LogP contribution in [0.25, 0.3) is 0 Å². The normalized spacial score (nSPS) is 17.4. The highest BCUT2D eigenvalue weighted by Crippen LogP contribution is 2.45. The molecule has 2 aliphatic rings. The van der Waals surface area contributed by atoms with Crippen LogP contribution in [0.1, 0.15) is 91.6 Å². The zero-order chi connectivity index (χ0) is 27.4. The molecule has 0 bridgehead atoms. The molecule has 1 aliphatic carbocycles. The lowest BCUT2D eigenvalue weighted by atomic mass is 9.86. The second kappa shape index (κ2) is 11.6. The van der Waals surface area contributed by atoms with Crippen LogP contribution in [0.2, 0.25) is 5.02 Å². The second-order valence-electron chi connectivity index (χ2n) is 10.1. The van der Waals surface area contributed by atoms with Crippen LogP contribution in [0.4, 0.5) is 4.39 Å². The number of H-pyrrole nitrogens is 1. The number of unbranched alkanes of at least 4 members (excludes halogenated alkanes) is 1. The highest BCUT2D eigenvalue weighted by molar-refractivity contribution is 6.47. The Labute approximate surface area is 231 Å². The summed E-state index contributed by atoms with van der Waals surface area (Å²) in [6.45, 7) is 2.29. The molecule has 0 radical (unpaired) electrons. The van der Waals surface area contributed by atoms with Gasteiger partial charge in [-0.05, 0) is 68.0 Å². The van der Waals surface area contributed by atoms with Crippen LogP contribution in [0.5, 0.6) is 0 Å². The Hall–Kier alpha value is -3.66. The highest BCUT2D eigenvalue weighted by Gasteiger charge is 2.50. The Morgan fingerprint density at radius 3 is 2.62 bits per heavy atom. The van der Waals surface area contributed by atoms with E-state index in [0.29, 0.717) is 22.7 Å². The maximum absolute atomic E-state index is 14.1. The molecule has 9 nitrogen and oxygen atoms in total. The number of nitrogens with zero attached hydrogens (tertiary/aromatic N) is 5. The number of rotatable bonds is 9. The van der Waals surface area contributed by atoms with Gasteiger partial charge in [0.25, 0.3) is 11.8 Å². The van der Waals surface area contributed by atoms with Gasteiger partial charge in [-0.1, -0.05) is 55.1 Å². The number of aliphatic imine (C=N–C) groups is 1. The van der Waals surface area contributed by atoms with Crippen molar-refractivity contribution in [2.75, 3.05) is 0 Å². The molecule has 2 N–H and O–H groups in total. The van der Waals surface area contributed by atoms with Gasteiger partial charge >= 0.3 is 0 Å². The summed E-state index contributed by atoms with van der Waals surface area (Å²) in [5, 5.41) is 16.3. The number of tetrazole rings is 1. The number of amides is 2. The van der Waals surface area contributed by atoms with Gasteiger partial charge in [-0.2, -0.15) is 5.21 Å². The van der Waals surface area contributed by atoms with Crippen LogP contribution in [0.15, 0.2) is 47.5 Å². The van der Waals surface area contributed by atoms with Gasteiger partial charge in [-0.3, -0.25) is 14.6 Å². The summed E-state index contributed by atoms with van der Waals surface area (Å²) < 4.78 is 13.9. The molecule has 1 spiro atoms. The van der Waals surface area contributed by atoms with E-state index in [4.69, 9.17) is 16.6 Å². The third kappa shape index (κ3) is 5.56. The topological polar surface area (TPSA) is 116 Å². The maximum Gasteiger partial charge on any atom is 0.275 e. The number of aromatic nitrogens is 4. The molecule has 204 valence electrons. The molecule has 0 unspecified atom stereocenters. The minimum Gasteiger partial charge on any atom is -0.345 e. The lowest BCUT2D eigenvalue weighted by Gasteiger charge is -2.44. The van der Waals surface area contributed by atoms with E-state index in [2.05, 4.69) is 32.9 Å². The molecule has 2 amide bonds. The average molecular weight is 552 g/mol. The molecule has 1 fully saturated rings. The first kappa shape index (κ1) is 26.9. The molecule has 11 heteroatoms. The van der Waals surface area contributed by atoms with Crippen molar-refractivity contribution in [3.05, 3.63) is 75.8 Å². The molecule has 2 heterocycles. The van der Waals surface area contributed by atoms with Crippen molar-refractivity contribution in [1.82, 2.24) is 30.8 Å². The predicted octanol–water partition coefficient (Wildman–Crippen LogP) is 5.15. The van der Waals surface area contributed by atoms with E-state index in [-0.39, 0.29) is 29.4 Å². The highest BCUT2D eigenvalue weighted by atomic mass is 35.5. The van der Waals surface area contributed by atoms with E-state index in [1.165, 1.54) is 12.1 Å². The van der Waals surface area contributed by atoms with Gasteiger partial charge in [-0.15, -0.1) is 10.2 Å². The third-order valence-corrected chi connectivity index (χ3v) is 7.82. The minimum absolute atomic E-state index is 0.0325. The monoisotopic (exact) mass is 551 g/mol. The van der Waals surface area contributed by atoms with E-state index in [1.54, 1.807) is 18.2 Å². The lowest BCUT2D eigenvalue weighted by Crippen LogP contribution is -2.50. The molecule has 0 saturated heterocycles. The molecule has 3 aromatic rings. The molecular weight excluding hydrogens is 521 g/mol. The fraction of sp³-hybridized carbons (Fsp3) is 0.429. The van der Waals surface area contributed by atoms with Gasteiger partial charge in [0, 0.05) is 11.1 Å². The molecule has 1 aliphatic heterocycles. The van der Waals surface area contributed by atoms with Crippen molar-refractivity contribution in [2.45, 2.75) is 76.5 Å². The maximum atomic E-state index is 14.1. The number of carbonyl (C=O) groups excluding carboxylic acids is 2. The molecule has 1 saturated carbocycles. The van der Waals surface area contributed by atoms with Crippen molar-refractivity contribution in [3.63, 3.8) is 0 Å². The van der Waals surface area contributed by atoms with Gasteiger partial charge in [0.05, 0.1) is 17.6 Å². The molecule has 1 aromatic heterocycles. The van der Waals surface area contributed by atoms with E-state index in [0.717, 1.165) is 56.9 Å².